The van der Waals surface area contributed by atoms with E-state index in [0.29, 0.717) is 5.41 Å². The summed E-state index contributed by atoms with van der Waals surface area (Å²) in [5, 5.41) is 11.2. The van der Waals surface area contributed by atoms with Crippen LogP contribution in [0.15, 0.2) is 21.8 Å². The summed E-state index contributed by atoms with van der Waals surface area (Å²) in [5.74, 6) is 0.940. The smallest absolute Gasteiger partial charge is 0.191 e. The zero-order valence-corrected chi connectivity index (χ0v) is 15.6. The maximum atomic E-state index is 4.30. The SMILES string of the molecule is CCC1(CNC(=NC)NCCc2ccsc2)CCC1.I. The minimum Gasteiger partial charge on any atom is -0.356 e. The van der Waals surface area contributed by atoms with Crippen molar-refractivity contribution in [1.29, 1.82) is 0 Å². The van der Waals surface area contributed by atoms with Crippen LogP contribution in [-0.4, -0.2) is 26.1 Å². The van der Waals surface area contributed by atoms with Crippen molar-refractivity contribution < 1.29 is 0 Å². The van der Waals surface area contributed by atoms with E-state index in [4.69, 9.17) is 0 Å². The molecule has 20 heavy (non-hydrogen) atoms. The highest BCUT2D eigenvalue weighted by Crippen LogP contribution is 2.42. The standard InChI is InChI=1S/C15H25N3S.HI/c1-3-15(7-4-8-15)12-18-14(16-2)17-9-5-13-6-10-19-11-13;/h6,10-11H,3-5,7-9,12H2,1-2H3,(H2,16,17,18);1H. The molecule has 0 atom stereocenters. The van der Waals surface area contributed by atoms with E-state index in [2.05, 4.69) is 39.4 Å². The van der Waals surface area contributed by atoms with Crippen LogP contribution >= 0.6 is 35.3 Å². The van der Waals surface area contributed by atoms with Gasteiger partial charge in [-0.2, -0.15) is 11.3 Å². The molecule has 5 heteroatoms. The molecule has 0 radical (unpaired) electrons. The third-order valence-electron chi connectivity index (χ3n) is 4.30. The number of rotatable bonds is 6. The van der Waals surface area contributed by atoms with E-state index in [0.717, 1.165) is 25.5 Å². The van der Waals surface area contributed by atoms with Crippen molar-refractivity contribution in [2.75, 3.05) is 20.1 Å². The van der Waals surface area contributed by atoms with Crippen molar-refractivity contribution in [3.05, 3.63) is 22.4 Å². The summed E-state index contributed by atoms with van der Waals surface area (Å²) >= 11 is 1.76. The Morgan fingerprint density at radius 1 is 1.40 bits per heavy atom. The van der Waals surface area contributed by atoms with Crippen molar-refractivity contribution in [1.82, 2.24) is 10.6 Å². The summed E-state index contributed by atoms with van der Waals surface area (Å²) in [4.78, 5) is 4.30. The summed E-state index contributed by atoms with van der Waals surface area (Å²) in [7, 11) is 1.85. The second-order valence-electron chi connectivity index (χ2n) is 5.44. The van der Waals surface area contributed by atoms with Gasteiger partial charge in [0.15, 0.2) is 5.96 Å². The van der Waals surface area contributed by atoms with Crippen LogP contribution in [0.5, 0.6) is 0 Å². The van der Waals surface area contributed by atoms with Crippen molar-refractivity contribution in [2.24, 2.45) is 10.4 Å². The average molecular weight is 407 g/mol. The fourth-order valence-corrected chi connectivity index (χ4v) is 3.29. The maximum Gasteiger partial charge on any atom is 0.191 e. The largest absolute Gasteiger partial charge is 0.356 e. The lowest BCUT2D eigenvalue weighted by Gasteiger charge is -2.41. The molecule has 0 aliphatic heterocycles. The average Bonchev–Trinajstić information content (AvgIpc) is 2.89. The first-order valence-corrected chi connectivity index (χ1v) is 8.18. The molecule has 1 aromatic rings. The second kappa shape index (κ2) is 8.87. The van der Waals surface area contributed by atoms with E-state index in [1.165, 1.54) is 31.2 Å². The fourth-order valence-electron chi connectivity index (χ4n) is 2.58. The van der Waals surface area contributed by atoms with Gasteiger partial charge in [-0.1, -0.05) is 13.3 Å². The Morgan fingerprint density at radius 3 is 2.70 bits per heavy atom. The molecule has 1 saturated carbocycles. The number of guanidine groups is 1. The Balaban J connectivity index is 0.00000200. The lowest BCUT2D eigenvalue weighted by molar-refractivity contribution is 0.131. The van der Waals surface area contributed by atoms with E-state index < -0.39 is 0 Å². The van der Waals surface area contributed by atoms with Gasteiger partial charge in [0.1, 0.15) is 0 Å². The Kier molecular flexibility index (Phi) is 7.87. The molecule has 0 spiro atoms. The quantitative estimate of drug-likeness (QED) is 0.429. The Labute approximate surface area is 143 Å². The molecule has 0 unspecified atom stereocenters. The summed E-state index contributed by atoms with van der Waals surface area (Å²) in [6.07, 6.45) is 6.44. The van der Waals surface area contributed by atoms with Gasteiger partial charge in [0, 0.05) is 20.1 Å². The van der Waals surface area contributed by atoms with Crippen molar-refractivity contribution in [3.8, 4) is 0 Å². The Morgan fingerprint density at radius 2 is 2.20 bits per heavy atom. The lowest BCUT2D eigenvalue weighted by atomic mass is 9.67. The topological polar surface area (TPSA) is 36.4 Å². The number of nitrogens with zero attached hydrogens (tertiary/aromatic N) is 1. The molecule has 1 aliphatic rings. The third-order valence-corrected chi connectivity index (χ3v) is 5.04. The van der Waals surface area contributed by atoms with E-state index in [9.17, 15) is 0 Å². The van der Waals surface area contributed by atoms with Crippen LogP contribution in [0.1, 0.15) is 38.2 Å². The number of nitrogens with one attached hydrogen (secondary N) is 2. The zero-order chi connectivity index (χ0) is 13.6. The fraction of sp³-hybridized carbons (Fsp3) is 0.667. The van der Waals surface area contributed by atoms with Crippen LogP contribution in [0.3, 0.4) is 0 Å². The van der Waals surface area contributed by atoms with Gasteiger partial charge in [0.2, 0.25) is 0 Å². The summed E-state index contributed by atoms with van der Waals surface area (Å²) in [6.45, 7) is 4.30. The number of aliphatic imine (C=N–C) groups is 1. The highest BCUT2D eigenvalue weighted by Gasteiger charge is 2.34. The van der Waals surface area contributed by atoms with Crippen LogP contribution < -0.4 is 10.6 Å². The predicted octanol–water partition coefficient (Wildman–Crippen LogP) is 3.65. The molecule has 2 rings (SSSR count). The minimum atomic E-state index is 0. The summed E-state index contributed by atoms with van der Waals surface area (Å²) < 4.78 is 0. The number of halogens is 1. The van der Waals surface area contributed by atoms with E-state index >= 15 is 0 Å². The van der Waals surface area contributed by atoms with Gasteiger partial charge in [0.25, 0.3) is 0 Å². The van der Waals surface area contributed by atoms with E-state index in [1.54, 1.807) is 11.3 Å². The van der Waals surface area contributed by atoms with Gasteiger partial charge in [-0.25, -0.2) is 0 Å². The van der Waals surface area contributed by atoms with Crippen molar-refractivity contribution in [3.63, 3.8) is 0 Å². The first-order valence-electron chi connectivity index (χ1n) is 7.23. The lowest BCUT2D eigenvalue weighted by Crippen LogP contribution is -2.46. The number of hydrogen-bond donors (Lipinski definition) is 2. The minimum absolute atomic E-state index is 0. The maximum absolute atomic E-state index is 4.30. The van der Waals surface area contributed by atoms with Gasteiger partial charge >= 0.3 is 0 Å². The molecule has 3 nitrogen and oxygen atoms in total. The monoisotopic (exact) mass is 407 g/mol. The number of thiophene rings is 1. The van der Waals surface area contributed by atoms with Crippen LogP contribution in [0.25, 0.3) is 0 Å². The molecule has 0 bridgehead atoms. The van der Waals surface area contributed by atoms with Crippen molar-refractivity contribution in [2.45, 2.75) is 39.0 Å². The molecular formula is C15H26IN3S. The molecule has 1 aromatic heterocycles. The molecule has 1 aliphatic carbocycles. The van der Waals surface area contributed by atoms with Crippen LogP contribution in [0, 0.1) is 5.41 Å². The molecule has 2 N–H and O–H groups in total. The second-order valence-corrected chi connectivity index (χ2v) is 6.22. The van der Waals surface area contributed by atoms with Crippen LogP contribution in [-0.2, 0) is 6.42 Å². The third kappa shape index (κ3) is 4.91. The van der Waals surface area contributed by atoms with Gasteiger partial charge in [-0.05, 0) is 53.5 Å². The van der Waals surface area contributed by atoms with Gasteiger partial charge in [-0.15, -0.1) is 24.0 Å². The molecular weight excluding hydrogens is 381 g/mol. The van der Waals surface area contributed by atoms with Crippen LogP contribution in [0.2, 0.25) is 0 Å². The van der Waals surface area contributed by atoms with Crippen molar-refractivity contribution >= 4 is 41.3 Å². The summed E-state index contributed by atoms with van der Waals surface area (Å²) in [6, 6.07) is 2.18. The van der Waals surface area contributed by atoms with Gasteiger partial charge < -0.3 is 10.6 Å². The molecule has 0 saturated heterocycles. The van der Waals surface area contributed by atoms with Crippen LogP contribution in [0.4, 0.5) is 0 Å². The van der Waals surface area contributed by atoms with E-state index in [1.807, 2.05) is 7.05 Å². The highest BCUT2D eigenvalue weighted by atomic mass is 127. The number of hydrogen-bond acceptors (Lipinski definition) is 2. The normalized spacial score (nSPS) is 17.0. The zero-order valence-electron chi connectivity index (χ0n) is 12.4. The van der Waals surface area contributed by atoms with E-state index in [-0.39, 0.29) is 24.0 Å². The molecule has 0 amide bonds. The molecule has 114 valence electrons. The van der Waals surface area contributed by atoms with Gasteiger partial charge in [-0.3, -0.25) is 4.99 Å². The predicted molar refractivity (Wildman–Crippen MR) is 99.4 cm³/mol. The van der Waals surface area contributed by atoms with Gasteiger partial charge in [0.05, 0.1) is 0 Å². The molecule has 1 fully saturated rings. The Hall–Kier alpha value is -0.300. The Bertz CT molecular complexity index is 394. The molecule has 0 aromatic carbocycles. The summed E-state index contributed by atoms with van der Waals surface area (Å²) in [5.41, 5.74) is 1.93. The first-order chi connectivity index (χ1) is 9.28. The highest BCUT2D eigenvalue weighted by molar-refractivity contribution is 14.0. The first kappa shape index (κ1) is 17.8. The molecule has 1 heterocycles.